The number of aliphatic hydroxyl groups excluding tert-OH is 1. The average Bonchev–Trinajstić information content (AvgIpc) is 2.95. The molecule has 1 aliphatic heterocycles. The van der Waals surface area contributed by atoms with Gasteiger partial charge >= 0.3 is 0 Å². The third kappa shape index (κ3) is 10.7. The summed E-state index contributed by atoms with van der Waals surface area (Å²) in [5.74, 6) is -4.13. The van der Waals surface area contributed by atoms with Gasteiger partial charge in [0.05, 0.1) is 26.2 Å². The number of carbonyl (C=O) groups is 6. The maximum atomic E-state index is 13.2. The Hall–Kier alpha value is -4.04. The van der Waals surface area contributed by atoms with Crippen molar-refractivity contribution in [3.8, 4) is 0 Å². The summed E-state index contributed by atoms with van der Waals surface area (Å²) in [5.41, 5.74) is 0.744. The second-order valence-corrected chi connectivity index (χ2v) is 10.4. The molecular formula is C28H42N6O8. The predicted molar refractivity (Wildman–Crippen MR) is 152 cm³/mol. The Kier molecular flexibility index (Phi) is 13.9. The number of hydrogen-bond donors (Lipinski definition) is 6. The molecule has 0 spiro atoms. The minimum absolute atomic E-state index is 0.00626. The molecule has 1 fully saturated rings. The minimum atomic E-state index is -1.41. The van der Waals surface area contributed by atoms with Crippen molar-refractivity contribution in [2.75, 3.05) is 40.0 Å². The number of nitrogens with zero attached hydrogens (tertiary/aromatic N) is 1. The van der Waals surface area contributed by atoms with Gasteiger partial charge in [0, 0.05) is 26.6 Å². The zero-order valence-corrected chi connectivity index (χ0v) is 24.5. The molecule has 0 bridgehead atoms. The first kappa shape index (κ1) is 34.2. The molecule has 0 aliphatic carbocycles. The van der Waals surface area contributed by atoms with Crippen molar-refractivity contribution in [3.63, 3.8) is 0 Å². The highest BCUT2D eigenvalue weighted by Crippen LogP contribution is 2.06. The summed E-state index contributed by atoms with van der Waals surface area (Å²) in [6, 6.07) is 4.26. The second-order valence-electron chi connectivity index (χ2n) is 10.4. The Labute approximate surface area is 245 Å². The van der Waals surface area contributed by atoms with Crippen LogP contribution in [0, 0.1) is 5.92 Å². The molecular weight excluding hydrogens is 548 g/mol. The lowest BCUT2D eigenvalue weighted by Crippen LogP contribution is -2.60. The van der Waals surface area contributed by atoms with Gasteiger partial charge in [0.1, 0.15) is 24.2 Å². The highest BCUT2D eigenvalue weighted by Gasteiger charge is 2.31. The normalized spacial score (nSPS) is 23.6. The van der Waals surface area contributed by atoms with Crippen LogP contribution in [0.15, 0.2) is 30.3 Å². The third-order valence-corrected chi connectivity index (χ3v) is 6.64. The fourth-order valence-electron chi connectivity index (χ4n) is 4.19. The van der Waals surface area contributed by atoms with Crippen LogP contribution >= 0.6 is 0 Å². The summed E-state index contributed by atoms with van der Waals surface area (Å²) in [6.07, 6.45) is 0.0974. The molecule has 1 heterocycles. The van der Waals surface area contributed by atoms with E-state index in [1.54, 1.807) is 44.2 Å². The number of rotatable bonds is 7. The Balaban J connectivity index is 2.38. The van der Waals surface area contributed by atoms with E-state index in [-0.39, 0.29) is 45.0 Å². The van der Waals surface area contributed by atoms with Gasteiger partial charge in [-0.15, -0.1) is 0 Å². The molecule has 14 heteroatoms. The Morgan fingerprint density at radius 1 is 0.952 bits per heavy atom. The van der Waals surface area contributed by atoms with Crippen LogP contribution in [0.3, 0.4) is 0 Å². The molecule has 1 saturated heterocycles. The third-order valence-electron chi connectivity index (χ3n) is 6.64. The van der Waals surface area contributed by atoms with E-state index >= 15 is 0 Å². The molecule has 42 heavy (non-hydrogen) atoms. The Morgan fingerprint density at radius 3 is 2.24 bits per heavy atom. The first-order valence-corrected chi connectivity index (χ1v) is 13.9. The lowest BCUT2D eigenvalue weighted by atomic mass is 10.0. The van der Waals surface area contributed by atoms with Crippen LogP contribution in [-0.4, -0.2) is 110 Å². The molecule has 6 N–H and O–H groups in total. The molecule has 1 aromatic rings. The quantitative estimate of drug-likeness (QED) is 0.206. The number of ether oxygens (including phenoxy) is 1. The lowest BCUT2D eigenvalue weighted by molar-refractivity contribution is -0.138. The van der Waals surface area contributed by atoms with Crippen LogP contribution in [-0.2, 0) is 39.9 Å². The van der Waals surface area contributed by atoms with Crippen molar-refractivity contribution < 1.29 is 38.6 Å². The zero-order chi connectivity index (χ0) is 31.2. The molecule has 4 atom stereocenters. The van der Waals surface area contributed by atoms with E-state index in [0.29, 0.717) is 0 Å². The summed E-state index contributed by atoms with van der Waals surface area (Å²) < 4.78 is 4.98. The largest absolute Gasteiger partial charge is 0.394 e. The van der Waals surface area contributed by atoms with Crippen molar-refractivity contribution in [2.24, 2.45) is 5.92 Å². The van der Waals surface area contributed by atoms with Gasteiger partial charge in [-0.1, -0.05) is 44.2 Å². The smallest absolute Gasteiger partial charge is 0.245 e. The van der Waals surface area contributed by atoms with Crippen LogP contribution < -0.4 is 26.6 Å². The molecule has 2 rings (SSSR count). The summed E-state index contributed by atoms with van der Waals surface area (Å²) in [4.78, 5) is 79.1. The minimum Gasteiger partial charge on any atom is -0.394 e. The average molecular weight is 591 g/mol. The molecule has 0 saturated carbocycles. The topological polar surface area (TPSA) is 195 Å². The van der Waals surface area contributed by atoms with Gasteiger partial charge in [-0.05, 0) is 18.4 Å². The summed E-state index contributed by atoms with van der Waals surface area (Å²) in [5, 5.41) is 22.6. The van der Waals surface area contributed by atoms with Crippen molar-refractivity contribution >= 4 is 35.4 Å². The Morgan fingerprint density at radius 2 is 1.62 bits per heavy atom. The standard InChI is InChI=1S/C28H42N6O8/c1-17(2)24-28(41)30-18(3)25(38)32-21(16-35)27(40)31-20(14-19-8-6-5-7-9-19)26(39)29-11-12-34(15-22(36)33-24)23(37)10-13-42-4/h5-9,17-18,20-21,24,35H,10-16H2,1-4H3,(H,29,39)(H,30,41)(H,31,40)(H,32,38)(H,33,36)/t18-,20+,21-,24+/m0/s1. The molecule has 1 aromatic carbocycles. The highest BCUT2D eigenvalue weighted by atomic mass is 16.5. The van der Waals surface area contributed by atoms with Gasteiger partial charge in [-0.2, -0.15) is 0 Å². The number of hydrogen-bond acceptors (Lipinski definition) is 8. The fraction of sp³-hybridized carbons (Fsp3) is 0.571. The first-order chi connectivity index (χ1) is 20.0. The van der Waals surface area contributed by atoms with Gasteiger partial charge < -0.3 is 41.3 Å². The van der Waals surface area contributed by atoms with Gasteiger partial charge in [-0.25, -0.2) is 0 Å². The van der Waals surface area contributed by atoms with E-state index in [9.17, 15) is 33.9 Å². The summed E-state index contributed by atoms with van der Waals surface area (Å²) >= 11 is 0. The summed E-state index contributed by atoms with van der Waals surface area (Å²) in [7, 11) is 1.44. The maximum Gasteiger partial charge on any atom is 0.245 e. The number of nitrogens with one attached hydrogen (secondary N) is 5. The molecule has 6 amide bonds. The zero-order valence-electron chi connectivity index (χ0n) is 24.5. The van der Waals surface area contributed by atoms with Crippen LogP contribution in [0.1, 0.15) is 32.8 Å². The monoisotopic (exact) mass is 590 g/mol. The number of amides is 6. The van der Waals surface area contributed by atoms with Gasteiger partial charge in [-0.3, -0.25) is 28.8 Å². The van der Waals surface area contributed by atoms with Crippen molar-refractivity contribution in [1.29, 1.82) is 0 Å². The van der Waals surface area contributed by atoms with Crippen LogP contribution in [0.2, 0.25) is 0 Å². The molecule has 232 valence electrons. The van der Waals surface area contributed by atoms with Gasteiger partial charge in [0.15, 0.2) is 0 Å². The molecule has 1 aliphatic rings. The van der Waals surface area contributed by atoms with Gasteiger partial charge in [0.2, 0.25) is 35.4 Å². The molecule has 0 aromatic heterocycles. The van der Waals surface area contributed by atoms with Gasteiger partial charge in [0.25, 0.3) is 0 Å². The van der Waals surface area contributed by atoms with Crippen LogP contribution in [0.25, 0.3) is 0 Å². The number of methoxy groups -OCH3 is 1. The summed E-state index contributed by atoms with van der Waals surface area (Å²) in [6.45, 7) is 3.70. The predicted octanol–water partition coefficient (Wildman–Crippen LogP) is -2.17. The lowest BCUT2D eigenvalue weighted by Gasteiger charge is -2.28. The second kappa shape index (κ2) is 17.0. The van der Waals surface area contributed by atoms with Crippen molar-refractivity contribution in [1.82, 2.24) is 31.5 Å². The van der Waals surface area contributed by atoms with Crippen LogP contribution in [0.5, 0.6) is 0 Å². The highest BCUT2D eigenvalue weighted by molar-refractivity contribution is 5.96. The van der Waals surface area contributed by atoms with E-state index < -0.39 is 66.2 Å². The first-order valence-electron chi connectivity index (χ1n) is 13.9. The van der Waals surface area contributed by atoms with E-state index in [1.807, 2.05) is 0 Å². The molecule has 14 nitrogen and oxygen atoms in total. The van der Waals surface area contributed by atoms with E-state index in [4.69, 9.17) is 4.74 Å². The number of benzene rings is 1. The molecule has 0 unspecified atom stereocenters. The maximum absolute atomic E-state index is 13.2. The number of carbonyl (C=O) groups excluding carboxylic acids is 6. The van der Waals surface area contributed by atoms with E-state index in [1.165, 1.54) is 18.9 Å². The van der Waals surface area contributed by atoms with Crippen LogP contribution in [0.4, 0.5) is 0 Å². The van der Waals surface area contributed by atoms with Crippen molar-refractivity contribution in [2.45, 2.75) is 57.8 Å². The van der Waals surface area contributed by atoms with Crippen molar-refractivity contribution in [3.05, 3.63) is 35.9 Å². The SMILES string of the molecule is COCCC(=O)N1CCNC(=O)[C@@H](Cc2ccccc2)NC(=O)[C@H](CO)NC(=O)[C@H](C)NC(=O)[C@@H](C(C)C)NC(=O)C1. The number of aliphatic hydroxyl groups is 1. The van der Waals surface area contributed by atoms with E-state index in [0.717, 1.165) is 5.56 Å². The Bertz CT molecular complexity index is 1100. The van der Waals surface area contributed by atoms with E-state index in [2.05, 4.69) is 26.6 Å². The molecule has 0 radical (unpaired) electrons. The fourth-order valence-corrected chi connectivity index (χ4v) is 4.19.